The van der Waals surface area contributed by atoms with Gasteiger partial charge in [-0.1, -0.05) is 24.2 Å². The summed E-state index contributed by atoms with van der Waals surface area (Å²) in [5.41, 5.74) is 5.24. The summed E-state index contributed by atoms with van der Waals surface area (Å²) >= 11 is 6.68. The van der Waals surface area contributed by atoms with E-state index in [9.17, 15) is 4.79 Å². The number of hydrogen-bond donors (Lipinski definition) is 1. The Kier molecular flexibility index (Phi) is 4.53. The lowest BCUT2D eigenvalue weighted by Crippen LogP contribution is -2.59. The Morgan fingerprint density at radius 3 is 2.84 bits per heavy atom. The van der Waals surface area contributed by atoms with Gasteiger partial charge >= 0.3 is 0 Å². The molecule has 2 aromatic carbocycles. The molecule has 1 amide bonds. The third-order valence-corrected chi connectivity index (χ3v) is 6.93. The van der Waals surface area contributed by atoms with Crippen LogP contribution in [0.4, 0.5) is 11.4 Å². The number of amides is 1. The van der Waals surface area contributed by atoms with E-state index in [0.29, 0.717) is 10.7 Å². The van der Waals surface area contributed by atoms with Gasteiger partial charge in [-0.25, -0.2) is 4.85 Å². The molecule has 0 atom stereocenters. The van der Waals surface area contributed by atoms with Crippen molar-refractivity contribution in [2.45, 2.75) is 13.3 Å². The van der Waals surface area contributed by atoms with Crippen LogP contribution in [-0.2, 0) is 4.79 Å². The predicted octanol–water partition coefficient (Wildman–Crippen LogP) is 4.97. The van der Waals surface area contributed by atoms with Crippen molar-refractivity contribution in [2.24, 2.45) is 5.41 Å². The van der Waals surface area contributed by atoms with Crippen LogP contribution >= 0.6 is 11.6 Å². The summed E-state index contributed by atoms with van der Waals surface area (Å²) in [7, 11) is 0. The number of H-pyrrole nitrogens is 1. The van der Waals surface area contributed by atoms with Crippen LogP contribution in [0.3, 0.4) is 0 Å². The Bertz CT molecular complexity index is 1260. The van der Waals surface area contributed by atoms with E-state index < -0.39 is 0 Å². The molecule has 6 nitrogen and oxygen atoms in total. The van der Waals surface area contributed by atoms with Gasteiger partial charge in [0.2, 0.25) is 11.6 Å². The fourth-order valence-electron chi connectivity index (χ4n) is 5.07. The summed E-state index contributed by atoms with van der Waals surface area (Å²) in [5.74, 6) is -0.0108. The minimum absolute atomic E-state index is 0.0108. The molecule has 0 saturated carbocycles. The van der Waals surface area contributed by atoms with E-state index in [4.69, 9.17) is 18.2 Å². The molecular weight excluding hydrogens is 410 g/mol. The number of aromatic amines is 1. The molecule has 0 bridgehead atoms. The highest BCUT2D eigenvalue weighted by molar-refractivity contribution is 6.35. The number of aromatic nitrogens is 2. The fourth-order valence-corrected chi connectivity index (χ4v) is 5.31. The van der Waals surface area contributed by atoms with Crippen molar-refractivity contribution in [1.82, 2.24) is 15.1 Å². The van der Waals surface area contributed by atoms with Crippen molar-refractivity contribution < 1.29 is 4.79 Å². The van der Waals surface area contributed by atoms with Gasteiger partial charge in [0, 0.05) is 53.3 Å². The number of carbonyl (C=O) groups excluding carboxylic acids is 1. The van der Waals surface area contributed by atoms with Crippen LogP contribution in [-0.4, -0.2) is 47.2 Å². The minimum Gasteiger partial charge on any atom is -0.380 e. The first-order chi connectivity index (χ1) is 15.0. The van der Waals surface area contributed by atoms with Crippen LogP contribution in [0, 0.1) is 18.9 Å². The van der Waals surface area contributed by atoms with E-state index in [1.54, 1.807) is 6.20 Å². The molecule has 5 rings (SSSR count). The number of hydrogen-bond acceptors (Lipinski definition) is 3. The minimum atomic E-state index is -0.0108. The highest BCUT2D eigenvalue weighted by atomic mass is 35.5. The van der Waals surface area contributed by atoms with E-state index in [-0.39, 0.29) is 11.3 Å². The SMILES string of the molecule is [C-]#[N+]c1c(N2CCC3(CN(C(=O)C=C)C3)C2)ccc(Cl)c1-c1c(C)ccc2[nH]ncc12. The Morgan fingerprint density at radius 2 is 2.10 bits per heavy atom. The second-order valence-electron chi connectivity index (χ2n) is 8.56. The molecule has 3 aromatic rings. The molecule has 1 spiro atoms. The fraction of sp³-hybridized carbons (Fsp3) is 0.292. The molecule has 156 valence electrons. The van der Waals surface area contributed by atoms with Crippen LogP contribution < -0.4 is 4.90 Å². The maximum atomic E-state index is 11.9. The second kappa shape index (κ2) is 7.14. The monoisotopic (exact) mass is 431 g/mol. The average Bonchev–Trinajstić information content (AvgIpc) is 3.40. The van der Waals surface area contributed by atoms with Crippen LogP contribution in [0.25, 0.3) is 26.9 Å². The lowest BCUT2D eigenvalue weighted by Gasteiger charge is -2.47. The van der Waals surface area contributed by atoms with Crippen LogP contribution in [0.2, 0.25) is 5.02 Å². The number of likely N-dealkylation sites (tertiary alicyclic amines) is 1. The Hall–Kier alpha value is -3.30. The van der Waals surface area contributed by atoms with Gasteiger partial charge < -0.3 is 9.80 Å². The van der Waals surface area contributed by atoms with Gasteiger partial charge in [0.25, 0.3) is 0 Å². The normalized spacial score (nSPS) is 17.1. The number of nitrogens with one attached hydrogen (secondary N) is 1. The van der Waals surface area contributed by atoms with Crippen LogP contribution in [0.1, 0.15) is 12.0 Å². The van der Waals surface area contributed by atoms with Gasteiger partial charge in [-0.15, -0.1) is 0 Å². The summed E-state index contributed by atoms with van der Waals surface area (Å²) in [6, 6.07) is 7.86. The lowest BCUT2D eigenvalue weighted by molar-refractivity contribution is -0.136. The van der Waals surface area contributed by atoms with Gasteiger partial charge in [0.05, 0.1) is 18.3 Å². The molecule has 2 fully saturated rings. The summed E-state index contributed by atoms with van der Waals surface area (Å²) in [5, 5.41) is 8.71. The Labute approximate surface area is 185 Å². The molecule has 2 aliphatic heterocycles. The van der Waals surface area contributed by atoms with E-state index in [2.05, 4.69) is 26.5 Å². The molecule has 3 heterocycles. The third-order valence-electron chi connectivity index (χ3n) is 6.62. The molecule has 1 N–H and O–H groups in total. The number of nitrogens with zero attached hydrogens (tertiary/aromatic N) is 4. The van der Waals surface area contributed by atoms with Gasteiger partial charge in [-0.3, -0.25) is 9.89 Å². The number of halogens is 1. The zero-order chi connectivity index (χ0) is 21.8. The second-order valence-corrected chi connectivity index (χ2v) is 8.97. The van der Waals surface area contributed by atoms with Crippen molar-refractivity contribution >= 4 is 39.8 Å². The van der Waals surface area contributed by atoms with Crippen LogP contribution in [0.15, 0.2) is 43.1 Å². The first kappa shape index (κ1) is 19.7. The molecule has 0 unspecified atom stereocenters. The number of benzene rings is 2. The molecule has 2 saturated heterocycles. The predicted molar refractivity (Wildman–Crippen MR) is 124 cm³/mol. The molecule has 31 heavy (non-hydrogen) atoms. The standard InChI is InChI=1S/C24H22ClN5O/c1-4-20(31)30-13-24(14-30)9-10-29(12-24)19-8-6-17(25)22(23(19)26-3)21-15(2)5-7-18-16(21)11-27-28-18/h4-8,11H,1,9-10,12-14H2,2H3,(H,27,28). The van der Waals surface area contributed by atoms with E-state index in [1.165, 1.54) is 6.08 Å². The molecular formula is C24H22ClN5O. The van der Waals surface area contributed by atoms with Gasteiger partial charge in [0.1, 0.15) is 0 Å². The molecule has 7 heteroatoms. The lowest BCUT2D eigenvalue weighted by atomic mass is 9.79. The highest BCUT2D eigenvalue weighted by Gasteiger charge is 2.49. The average molecular weight is 432 g/mol. The van der Waals surface area contributed by atoms with Gasteiger partial charge in [-0.05, 0) is 48.7 Å². The zero-order valence-corrected chi connectivity index (χ0v) is 18.0. The van der Waals surface area contributed by atoms with E-state index in [1.807, 2.05) is 36.1 Å². The maximum absolute atomic E-state index is 11.9. The quantitative estimate of drug-likeness (QED) is 0.470. The Morgan fingerprint density at radius 1 is 1.29 bits per heavy atom. The van der Waals surface area contributed by atoms with Gasteiger partial charge in [-0.2, -0.15) is 5.10 Å². The Balaban J connectivity index is 1.55. The van der Waals surface area contributed by atoms with Crippen molar-refractivity contribution in [1.29, 1.82) is 0 Å². The van der Waals surface area contributed by atoms with Crippen molar-refractivity contribution in [2.75, 3.05) is 31.1 Å². The molecule has 0 aliphatic carbocycles. The first-order valence-electron chi connectivity index (χ1n) is 10.3. The van der Waals surface area contributed by atoms with Gasteiger partial charge in [0.15, 0.2) is 0 Å². The molecule has 2 aliphatic rings. The number of anilines is 1. The molecule has 1 aromatic heterocycles. The summed E-state index contributed by atoms with van der Waals surface area (Å²) in [6.07, 6.45) is 4.17. The smallest absolute Gasteiger partial charge is 0.245 e. The first-order valence-corrected chi connectivity index (χ1v) is 10.6. The third kappa shape index (κ3) is 3.00. The van der Waals surface area contributed by atoms with Crippen molar-refractivity contribution in [3.8, 4) is 11.1 Å². The van der Waals surface area contributed by atoms with E-state index in [0.717, 1.165) is 65.9 Å². The number of rotatable bonds is 3. The number of aryl methyl sites for hydroxylation is 1. The van der Waals surface area contributed by atoms with E-state index >= 15 is 0 Å². The maximum Gasteiger partial charge on any atom is 0.245 e. The molecule has 0 radical (unpaired) electrons. The topological polar surface area (TPSA) is 56.6 Å². The zero-order valence-electron chi connectivity index (χ0n) is 17.3. The van der Waals surface area contributed by atoms with Crippen molar-refractivity contribution in [3.63, 3.8) is 0 Å². The van der Waals surface area contributed by atoms with Crippen molar-refractivity contribution in [3.05, 3.63) is 65.1 Å². The summed E-state index contributed by atoms with van der Waals surface area (Å²) in [6.45, 7) is 16.8. The number of carbonyl (C=O) groups is 1. The summed E-state index contributed by atoms with van der Waals surface area (Å²) < 4.78 is 0. The summed E-state index contributed by atoms with van der Waals surface area (Å²) in [4.78, 5) is 19.9. The number of fused-ring (bicyclic) bond motifs is 1. The highest BCUT2D eigenvalue weighted by Crippen LogP contribution is 2.49. The van der Waals surface area contributed by atoms with Crippen LogP contribution in [0.5, 0.6) is 0 Å². The largest absolute Gasteiger partial charge is 0.380 e.